The van der Waals surface area contributed by atoms with Gasteiger partial charge in [-0.05, 0) is 31.9 Å². The van der Waals surface area contributed by atoms with Gasteiger partial charge in [-0.25, -0.2) is 0 Å². The molecule has 0 amide bonds. The van der Waals surface area contributed by atoms with Gasteiger partial charge in [-0.15, -0.1) is 24.0 Å². The maximum atomic E-state index is 4.98. The molecule has 2 atom stereocenters. The second-order valence-electron chi connectivity index (χ2n) is 8.28. The van der Waals surface area contributed by atoms with E-state index >= 15 is 0 Å². The van der Waals surface area contributed by atoms with Gasteiger partial charge >= 0.3 is 0 Å². The molecule has 0 aromatic carbocycles. The second-order valence-corrected chi connectivity index (χ2v) is 8.28. The Hall–Kier alpha value is -0.870. The minimum atomic E-state index is 0. The molecule has 28 heavy (non-hydrogen) atoms. The largest absolute Gasteiger partial charge is 0.357 e. The van der Waals surface area contributed by atoms with Crippen LogP contribution in [0.15, 0.2) is 17.4 Å². The Morgan fingerprint density at radius 1 is 1.25 bits per heavy atom. The molecule has 0 radical (unpaired) electrons. The van der Waals surface area contributed by atoms with Gasteiger partial charge in [-0.1, -0.05) is 6.92 Å². The number of rotatable bonds is 6. The van der Waals surface area contributed by atoms with Crippen LogP contribution in [-0.2, 0) is 7.05 Å². The quantitative estimate of drug-likeness (QED) is 0.364. The zero-order valence-electron chi connectivity index (χ0n) is 18.0. The van der Waals surface area contributed by atoms with Gasteiger partial charge in [-0.3, -0.25) is 9.67 Å². The van der Waals surface area contributed by atoms with Crippen LogP contribution in [0.3, 0.4) is 0 Å². The summed E-state index contributed by atoms with van der Waals surface area (Å²) in [7, 11) is 4.20. The standard InChI is InChI=1S/C20H37N7.HI/c1-5-21-20(22-12-17(2)14-26-10-8-24(3)9-11-26)27-7-6-18(16-27)19-13-23-25(4)15-19;/h13,15,17-18H,5-12,14,16H2,1-4H3,(H,21,22);1H. The van der Waals surface area contributed by atoms with Gasteiger partial charge < -0.3 is 20.0 Å². The highest BCUT2D eigenvalue weighted by atomic mass is 127. The van der Waals surface area contributed by atoms with E-state index in [-0.39, 0.29) is 24.0 Å². The summed E-state index contributed by atoms with van der Waals surface area (Å²) in [6, 6.07) is 0. The molecule has 0 spiro atoms. The van der Waals surface area contributed by atoms with Crippen LogP contribution < -0.4 is 5.32 Å². The van der Waals surface area contributed by atoms with Crippen molar-refractivity contribution in [1.29, 1.82) is 0 Å². The molecule has 0 bridgehead atoms. The van der Waals surface area contributed by atoms with Crippen LogP contribution >= 0.6 is 24.0 Å². The van der Waals surface area contributed by atoms with Crippen LogP contribution in [0.2, 0.25) is 0 Å². The molecule has 3 rings (SSSR count). The molecule has 1 N–H and O–H groups in total. The highest BCUT2D eigenvalue weighted by Gasteiger charge is 2.27. The first-order chi connectivity index (χ1) is 13.0. The fraction of sp³-hybridized carbons (Fsp3) is 0.800. The van der Waals surface area contributed by atoms with Crippen molar-refractivity contribution in [2.24, 2.45) is 18.0 Å². The minimum absolute atomic E-state index is 0. The number of hydrogen-bond acceptors (Lipinski definition) is 4. The molecular formula is C20H38IN7. The number of aromatic nitrogens is 2. The molecule has 2 aliphatic rings. The molecule has 160 valence electrons. The molecule has 7 nitrogen and oxygen atoms in total. The number of likely N-dealkylation sites (tertiary alicyclic amines) is 1. The Morgan fingerprint density at radius 3 is 2.64 bits per heavy atom. The molecule has 1 aromatic rings. The smallest absolute Gasteiger partial charge is 0.193 e. The summed E-state index contributed by atoms with van der Waals surface area (Å²) in [5.74, 6) is 2.22. The van der Waals surface area contributed by atoms with Gasteiger partial charge in [0.15, 0.2) is 5.96 Å². The van der Waals surface area contributed by atoms with Crippen molar-refractivity contribution in [3.05, 3.63) is 18.0 Å². The number of hydrogen-bond donors (Lipinski definition) is 1. The Labute approximate surface area is 187 Å². The SMILES string of the molecule is CCNC(=NCC(C)CN1CCN(C)CC1)N1CCC(c2cnn(C)c2)C1.I. The Balaban J connectivity index is 0.00000280. The number of halogens is 1. The third-order valence-electron chi connectivity index (χ3n) is 5.74. The maximum absolute atomic E-state index is 4.98. The van der Waals surface area contributed by atoms with Gasteiger partial charge in [0.05, 0.1) is 6.20 Å². The normalized spacial score (nSPS) is 22.9. The lowest BCUT2D eigenvalue weighted by atomic mass is 10.0. The highest BCUT2D eigenvalue weighted by Crippen LogP contribution is 2.26. The number of aliphatic imine (C=N–C) groups is 1. The lowest BCUT2D eigenvalue weighted by Crippen LogP contribution is -2.46. The van der Waals surface area contributed by atoms with Crippen LogP contribution in [0.25, 0.3) is 0 Å². The number of nitrogens with one attached hydrogen (secondary N) is 1. The van der Waals surface area contributed by atoms with E-state index in [0.717, 1.165) is 38.7 Å². The Morgan fingerprint density at radius 2 is 2.00 bits per heavy atom. The zero-order chi connectivity index (χ0) is 19.2. The zero-order valence-corrected chi connectivity index (χ0v) is 20.3. The predicted molar refractivity (Wildman–Crippen MR) is 127 cm³/mol. The Bertz CT molecular complexity index is 609. The average Bonchev–Trinajstić information content (AvgIpc) is 3.29. The van der Waals surface area contributed by atoms with E-state index in [4.69, 9.17) is 4.99 Å². The molecular weight excluding hydrogens is 465 g/mol. The first kappa shape index (κ1) is 23.4. The van der Waals surface area contributed by atoms with E-state index in [1.54, 1.807) is 0 Å². The molecule has 2 fully saturated rings. The minimum Gasteiger partial charge on any atom is -0.357 e. The van der Waals surface area contributed by atoms with Crippen molar-refractivity contribution < 1.29 is 0 Å². The highest BCUT2D eigenvalue weighted by molar-refractivity contribution is 14.0. The second kappa shape index (κ2) is 11.3. The Kier molecular flexibility index (Phi) is 9.49. The van der Waals surface area contributed by atoms with Crippen molar-refractivity contribution in [2.45, 2.75) is 26.2 Å². The molecule has 2 unspecified atom stereocenters. The lowest BCUT2D eigenvalue weighted by Gasteiger charge is -2.33. The number of guanidine groups is 1. The van der Waals surface area contributed by atoms with Crippen LogP contribution in [-0.4, -0.2) is 96.4 Å². The number of piperazine rings is 1. The fourth-order valence-corrected chi connectivity index (χ4v) is 4.07. The number of aryl methyl sites for hydroxylation is 1. The summed E-state index contributed by atoms with van der Waals surface area (Å²) in [5, 5.41) is 7.83. The summed E-state index contributed by atoms with van der Waals surface area (Å²) >= 11 is 0. The first-order valence-electron chi connectivity index (χ1n) is 10.5. The van der Waals surface area contributed by atoms with Crippen molar-refractivity contribution in [3.8, 4) is 0 Å². The molecule has 8 heteroatoms. The first-order valence-corrected chi connectivity index (χ1v) is 10.5. The maximum Gasteiger partial charge on any atom is 0.193 e. The monoisotopic (exact) mass is 503 g/mol. The van der Waals surface area contributed by atoms with Gasteiger partial charge in [0.2, 0.25) is 0 Å². The van der Waals surface area contributed by atoms with Crippen LogP contribution in [0.4, 0.5) is 0 Å². The van der Waals surface area contributed by atoms with Crippen LogP contribution in [0.1, 0.15) is 31.7 Å². The fourth-order valence-electron chi connectivity index (χ4n) is 4.07. The third kappa shape index (κ3) is 6.59. The van der Waals surface area contributed by atoms with Gasteiger partial charge in [-0.2, -0.15) is 5.10 Å². The summed E-state index contributed by atoms with van der Waals surface area (Å²) in [5.41, 5.74) is 1.35. The van der Waals surface area contributed by atoms with Crippen molar-refractivity contribution >= 4 is 29.9 Å². The van der Waals surface area contributed by atoms with E-state index < -0.39 is 0 Å². The van der Waals surface area contributed by atoms with Crippen molar-refractivity contribution in [2.75, 3.05) is 66.0 Å². The lowest BCUT2D eigenvalue weighted by molar-refractivity contribution is 0.140. The van der Waals surface area contributed by atoms with E-state index in [9.17, 15) is 0 Å². The predicted octanol–water partition coefficient (Wildman–Crippen LogP) is 1.68. The summed E-state index contributed by atoms with van der Waals surface area (Å²) in [6.07, 6.45) is 5.33. The van der Waals surface area contributed by atoms with Gasteiger partial charge in [0.25, 0.3) is 0 Å². The molecule has 3 heterocycles. The summed E-state index contributed by atoms with van der Waals surface area (Å²) in [4.78, 5) is 12.4. The number of likely N-dealkylation sites (N-methyl/N-ethyl adjacent to an activating group) is 1. The van der Waals surface area contributed by atoms with Gasteiger partial charge in [0, 0.05) is 78.1 Å². The van der Waals surface area contributed by atoms with E-state index in [2.05, 4.69) is 52.2 Å². The third-order valence-corrected chi connectivity index (χ3v) is 5.74. The van der Waals surface area contributed by atoms with Crippen molar-refractivity contribution in [1.82, 2.24) is 29.8 Å². The molecule has 2 saturated heterocycles. The van der Waals surface area contributed by atoms with E-state index in [1.165, 1.54) is 38.2 Å². The molecule has 0 aliphatic carbocycles. The van der Waals surface area contributed by atoms with Crippen LogP contribution in [0, 0.1) is 5.92 Å². The van der Waals surface area contributed by atoms with Crippen molar-refractivity contribution in [3.63, 3.8) is 0 Å². The molecule has 2 aliphatic heterocycles. The van der Waals surface area contributed by atoms with Gasteiger partial charge in [0.1, 0.15) is 0 Å². The molecule has 0 saturated carbocycles. The van der Waals surface area contributed by atoms with E-state index in [1.807, 2.05) is 17.9 Å². The number of nitrogens with zero attached hydrogens (tertiary/aromatic N) is 6. The van der Waals surface area contributed by atoms with Crippen LogP contribution in [0.5, 0.6) is 0 Å². The molecule has 1 aromatic heterocycles. The average molecular weight is 503 g/mol. The topological polar surface area (TPSA) is 51.9 Å². The summed E-state index contributed by atoms with van der Waals surface area (Å²) in [6.45, 7) is 14.3. The van der Waals surface area contributed by atoms with E-state index in [0.29, 0.717) is 11.8 Å². The summed E-state index contributed by atoms with van der Waals surface area (Å²) < 4.78 is 1.90.